The van der Waals surface area contributed by atoms with Gasteiger partial charge in [0.15, 0.2) is 11.1 Å². The number of anilines is 1. The van der Waals surface area contributed by atoms with Gasteiger partial charge in [0.25, 0.3) is 0 Å². The Kier molecular flexibility index (Phi) is 5.36. The van der Waals surface area contributed by atoms with Gasteiger partial charge in [-0.15, -0.1) is 21.5 Å². The minimum Gasteiger partial charge on any atom is -0.425 e. The number of carbonyl (C=O) groups excluding carboxylic acids is 2. The molecule has 5 N–H and O–H groups in total. The van der Waals surface area contributed by atoms with Gasteiger partial charge in [-0.1, -0.05) is 0 Å². The molecule has 0 fully saturated rings. The lowest BCUT2D eigenvalue weighted by molar-refractivity contribution is -0.119. The summed E-state index contributed by atoms with van der Waals surface area (Å²) in [5.74, 6) is -0.572. The third-order valence-electron chi connectivity index (χ3n) is 2.52. The molecular weight excluding hydrogens is 322 g/mol. The fourth-order valence-electron chi connectivity index (χ4n) is 1.66. The number of rotatable bonds is 6. The van der Waals surface area contributed by atoms with Crippen LogP contribution in [-0.2, 0) is 28.9 Å². The second-order valence-corrected chi connectivity index (χ2v) is 5.41. The van der Waals surface area contributed by atoms with Crippen molar-refractivity contribution in [3.63, 3.8) is 0 Å². The molecular formula is C12H15N7O3S. The summed E-state index contributed by atoms with van der Waals surface area (Å²) in [4.78, 5) is 26.6. The lowest BCUT2D eigenvalue weighted by Crippen LogP contribution is -2.36. The van der Waals surface area contributed by atoms with E-state index in [2.05, 4.69) is 25.8 Å². The fraction of sp³-hybridized carbons (Fsp3) is 0.333. The minimum atomic E-state index is -0.493. The van der Waals surface area contributed by atoms with Crippen LogP contribution in [0.25, 0.3) is 0 Å². The zero-order valence-electron chi connectivity index (χ0n) is 12.3. The molecule has 2 aromatic rings. The van der Waals surface area contributed by atoms with E-state index in [0.717, 1.165) is 5.69 Å². The zero-order valence-corrected chi connectivity index (χ0v) is 13.1. The minimum absolute atomic E-state index is 0.143. The Balaban J connectivity index is 1.84. The first-order valence-electron chi connectivity index (χ1n) is 6.59. The van der Waals surface area contributed by atoms with Crippen molar-refractivity contribution in [2.24, 2.45) is 5.73 Å². The number of nitrogens with zero attached hydrogens (tertiary/aromatic N) is 3. The molecule has 11 heteroatoms. The maximum Gasteiger partial charge on any atom is 0.236 e. The van der Waals surface area contributed by atoms with Crippen molar-refractivity contribution in [2.45, 2.75) is 26.2 Å². The summed E-state index contributed by atoms with van der Waals surface area (Å²) in [5.41, 5.74) is 5.85. The number of hydrogen-bond donors (Lipinski definition) is 4. The van der Waals surface area contributed by atoms with Crippen LogP contribution in [0.3, 0.4) is 0 Å². The van der Waals surface area contributed by atoms with Crippen molar-refractivity contribution < 1.29 is 14.0 Å². The molecule has 0 aliphatic carbocycles. The molecule has 122 valence electrons. The van der Waals surface area contributed by atoms with Crippen LogP contribution in [0, 0.1) is 5.41 Å². The van der Waals surface area contributed by atoms with E-state index in [-0.39, 0.29) is 18.2 Å². The molecule has 10 nitrogen and oxygen atoms in total. The van der Waals surface area contributed by atoms with Gasteiger partial charge < -0.3 is 15.5 Å². The summed E-state index contributed by atoms with van der Waals surface area (Å²) in [6, 6.07) is 0. The first-order chi connectivity index (χ1) is 10.9. The fourth-order valence-corrected chi connectivity index (χ4v) is 2.45. The highest BCUT2D eigenvalue weighted by atomic mass is 32.1. The van der Waals surface area contributed by atoms with Crippen molar-refractivity contribution in [1.82, 2.24) is 20.5 Å². The van der Waals surface area contributed by atoms with Crippen LogP contribution >= 0.6 is 11.3 Å². The van der Waals surface area contributed by atoms with E-state index >= 15 is 0 Å². The summed E-state index contributed by atoms with van der Waals surface area (Å²) in [6.07, 6.45) is 0.887. The molecule has 0 aliphatic heterocycles. The van der Waals surface area contributed by atoms with Gasteiger partial charge in [0.1, 0.15) is 6.42 Å². The molecule has 0 saturated carbocycles. The lowest BCUT2D eigenvalue weighted by Gasteiger charge is -1.98. The van der Waals surface area contributed by atoms with Gasteiger partial charge in [-0.3, -0.25) is 20.3 Å². The Morgan fingerprint density at radius 1 is 1.35 bits per heavy atom. The number of amides is 2. The maximum absolute atomic E-state index is 11.4. The van der Waals surface area contributed by atoms with Gasteiger partial charge in [0.05, 0.1) is 5.69 Å². The van der Waals surface area contributed by atoms with Gasteiger partial charge in [-0.2, -0.15) is 0 Å². The molecule has 0 aliphatic rings. The SMILES string of the molecule is CC(=O)Nc1nc(CCc2nnc(CC(=O)NC(=N)N)o2)cs1. The number of guanidine groups is 1. The molecule has 2 heterocycles. The quantitative estimate of drug-likeness (QED) is 0.420. The first-order valence-corrected chi connectivity index (χ1v) is 7.47. The molecule has 0 unspecified atom stereocenters. The van der Waals surface area contributed by atoms with Gasteiger partial charge >= 0.3 is 0 Å². The maximum atomic E-state index is 11.4. The first kappa shape index (κ1) is 16.5. The average Bonchev–Trinajstić information content (AvgIpc) is 3.04. The van der Waals surface area contributed by atoms with Crippen molar-refractivity contribution in [3.8, 4) is 0 Å². The standard InChI is InChI=1S/C12H15N7O3S/c1-6(20)15-12-16-7(5-23-12)2-3-9-18-19-10(22-9)4-8(21)17-11(13)14/h5H,2-4H2,1H3,(H,15,16,20)(H4,13,14,17,21). The van der Waals surface area contributed by atoms with Crippen LogP contribution in [-0.4, -0.2) is 33.0 Å². The highest BCUT2D eigenvalue weighted by Crippen LogP contribution is 2.16. The smallest absolute Gasteiger partial charge is 0.236 e. The number of nitrogens with two attached hydrogens (primary N) is 1. The van der Waals surface area contributed by atoms with Crippen LogP contribution in [0.4, 0.5) is 5.13 Å². The topological polar surface area (TPSA) is 160 Å². The summed E-state index contributed by atoms with van der Waals surface area (Å²) < 4.78 is 5.34. The van der Waals surface area contributed by atoms with Gasteiger partial charge in [-0.05, 0) is 6.42 Å². The van der Waals surface area contributed by atoms with Gasteiger partial charge in [0, 0.05) is 18.7 Å². The molecule has 0 aromatic carbocycles. The molecule has 2 amide bonds. The average molecular weight is 337 g/mol. The summed E-state index contributed by atoms with van der Waals surface area (Å²) >= 11 is 1.34. The number of carbonyl (C=O) groups is 2. The highest BCUT2D eigenvalue weighted by Gasteiger charge is 2.12. The number of hydrogen-bond acceptors (Lipinski definition) is 8. The number of aromatic nitrogens is 3. The molecule has 2 rings (SSSR count). The molecule has 0 atom stereocenters. The van der Waals surface area contributed by atoms with Gasteiger partial charge in [0.2, 0.25) is 23.6 Å². The van der Waals surface area contributed by atoms with Crippen molar-refractivity contribution in [1.29, 1.82) is 5.41 Å². The van der Waals surface area contributed by atoms with Gasteiger partial charge in [-0.25, -0.2) is 4.98 Å². The predicted octanol–water partition coefficient (Wildman–Crippen LogP) is -0.178. The number of aryl methyl sites for hydroxylation is 2. The number of nitrogens with one attached hydrogen (secondary N) is 3. The largest absolute Gasteiger partial charge is 0.425 e. The Labute approximate surface area is 135 Å². The van der Waals surface area contributed by atoms with Crippen LogP contribution in [0.2, 0.25) is 0 Å². The highest BCUT2D eigenvalue weighted by molar-refractivity contribution is 7.13. The predicted molar refractivity (Wildman–Crippen MR) is 81.9 cm³/mol. The van der Waals surface area contributed by atoms with E-state index in [1.54, 1.807) is 0 Å². The molecule has 23 heavy (non-hydrogen) atoms. The Morgan fingerprint density at radius 2 is 2.09 bits per heavy atom. The molecule has 0 bridgehead atoms. The Bertz CT molecular complexity index is 724. The van der Waals surface area contributed by atoms with E-state index in [0.29, 0.717) is 23.9 Å². The van der Waals surface area contributed by atoms with Crippen molar-refractivity contribution in [3.05, 3.63) is 22.9 Å². The monoisotopic (exact) mass is 337 g/mol. The third kappa shape index (κ3) is 5.47. The van der Waals surface area contributed by atoms with Crippen LogP contribution in [0.15, 0.2) is 9.80 Å². The Morgan fingerprint density at radius 3 is 2.78 bits per heavy atom. The second kappa shape index (κ2) is 7.45. The molecule has 0 spiro atoms. The van der Waals surface area contributed by atoms with E-state index < -0.39 is 11.9 Å². The van der Waals surface area contributed by atoms with E-state index in [1.165, 1.54) is 18.3 Å². The number of thiazole rings is 1. The third-order valence-corrected chi connectivity index (χ3v) is 3.33. The zero-order chi connectivity index (χ0) is 16.8. The van der Waals surface area contributed by atoms with E-state index in [4.69, 9.17) is 15.6 Å². The van der Waals surface area contributed by atoms with Crippen molar-refractivity contribution >= 4 is 34.2 Å². The van der Waals surface area contributed by atoms with E-state index in [1.807, 2.05) is 5.38 Å². The van der Waals surface area contributed by atoms with Crippen molar-refractivity contribution in [2.75, 3.05) is 5.32 Å². The van der Waals surface area contributed by atoms with Crippen LogP contribution in [0.1, 0.15) is 24.4 Å². The van der Waals surface area contributed by atoms with Crippen LogP contribution in [0.5, 0.6) is 0 Å². The summed E-state index contributed by atoms with van der Waals surface area (Å²) in [5, 5.41) is 21.7. The Hall–Kier alpha value is -2.82. The normalized spacial score (nSPS) is 10.3. The van der Waals surface area contributed by atoms with Crippen LogP contribution < -0.4 is 16.4 Å². The molecule has 0 saturated heterocycles. The second-order valence-electron chi connectivity index (χ2n) is 4.55. The van der Waals surface area contributed by atoms with E-state index in [9.17, 15) is 9.59 Å². The molecule has 2 aromatic heterocycles. The molecule has 0 radical (unpaired) electrons. The summed E-state index contributed by atoms with van der Waals surface area (Å²) in [7, 11) is 0. The lowest BCUT2D eigenvalue weighted by atomic mass is 10.2. The summed E-state index contributed by atoms with van der Waals surface area (Å²) in [6.45, 7) is 1.42.